The Morgan fingerprint density at radius 1 is 1.04 bits per heavy atom. The second kappa shape index (κ2) is 7.33. The number of benzene rings is 2. The van der Waals surface area contributed by atoms with Gasteiger partial charge in [0.25, 0.3) is 0 Å². The number of nitrogens with zero attached hydrogens (tertiary/aromatic N) is 3. The van der Waals surface area contributed by atoms with E-state index in [1.54, 1.807) is 30.2 Å². The van der Waals surface area contributed by atoms with Crippen molar-refractivity contribution in [2.75, 3.05) is 19.5 Å². The predicted molar refractivity (Wildman–Crippen MR) is 102 cm³/mol. The summed E-state index contributed by atoms with van der Waals surface area (Å²) < 4.78 is 14.3. The van der Waals surface area contributed by atoms with Gasteiger partial charge in [-0.25, -0.2) is 0 Å². The summed E-state index contributed by atoms with van der Waals surface area (Å²) >= 11 is 3.38. The van der Waals surface area contributed by atoms with Gasteiger partial charge in [-0.2, -0.15) is 0 Å². The van der Waals surface area contributed by atoms with Gasteiger partial charge in [0.2, 0.25) is 4.96 Å². The molecule has 0 N–H and O–H groups in total. The Morgan fingerprint density at radius 2 is 1.84 bits per heavy atom. The third-order valence-corrected chi connectivity index (χ3v) is 5.79. The fourth-order valence-corrected chi connectivity index (χ4v) is 4.41. The molecule has 0 radical (unpaired) electrons. The smallest absolute Gasteiger partial charge is 0.217 e. The molecule has 0 saturated carbocycles. The van der Waals surface area contributed by atoms with Crippen LogP contribution in [0.2, 0.25) is 0 Å². The molecule has 0 unspecified atom stereocenters. The molecular weight excluding hydrogens is 354 g/mol. The number of aromatic nitrogens is 3. The van der Waals surface area contributed by atoms with Crippen LogP contribution < -0.4 is 9.47 Å². The van der Waals surface area contributed by atoms with Crippen LogP contribution in [0.5, 0.6) is 11.5 Å². The van der Waals surface area contributed by atoms with Gasteiger partial charge in [-0.1, -0.05) is 35.2 Å². The average Bonchev–Trinajstić information content (AvgIpc) is 3.21. The molecule has 0 aliphatic carbocycles. The van der Waals surface area contributed by atoms with E-state index in [1.165, 1.54) is 10.2 Å². The third kappa shape index (κ3) is 3.43. The lowest BCUT2D eigenvalue weighted by molar-refractivity contribution is 0.318. The zero-order valence-electron chi connectivity index (χ0n) is 13.7. The molecule has 128 valence electrons. The quantitative estimate of drug-likeness (QED) is 0.353. The number of thioether (sulfide) groups is 1. The Balaban J connectivity index is 1.33. The molecule has 2 heterocycles. The van der Waals surface area contributed by atoms with Crippen LogP contribution in [0.15, 0.2) is 53.7 Å². The highest BCUT2D eigenvalue weighted by atomic mass is 32.2. The van der Waals surface area contributed by atoms with Crippen LogP contribution in [0.1, 0.15) is 6.42 Å². The maximum atomic E-state index is 5.76. The van der Waals surface area contributed by atoms with Crippen molar-refractivity contribution < 1.29 is 9.47 Å². The first kappa shape index (κ1) is 16.2. The number of thiazole rings is 1. The molecule has 2 aromatic carbocycles. The minimum absolute atomic E-state index is 0.672. The molecule has 0 aliphatic heterocycles. The van der Waals surface area contributed by atoms with Crippen molar-refractivity contribution >= 4 is 38.3 Å². The van der Waals surface area contributed by atoms with Gasteiger partial charge in [0.15, 0.2) is 5.16 Å². The molecule has 0 atom stereocenters. The largest absolute Gasteiger partial charge is 0.497 e. The molecule has 5 nitrogen and oxygen atoms in total. The van der Waals surface area contributed by atoms with Gasteiger partial charge in [0, 0.05) is 5.75 Å². The number of ether oxygens (including phenoxy) is 2. The van der Waals surface area contributed by atoms with Gasteiger partial charge in [-0.15, -0.1) is 10.2 Å². The van der Waals surface area contributed by atoms with Crippen molar-refractivity contribution in [3.05, 3.63) is 48.5 Å². The Labute approximate surface area is 153 Å². The molecule has 0 bridgehead atoms. The van der Waals surface area contributed by atoms with Crippen LogP contribution in [0, 0.1) is 0 Å². The minimum Gasteiger partial charge on any atom is -0.497 e. The topological polar surface area (TPSA) is 48.7 Å². The molecular formula is C18H17N3O2S2. The minimum atomic E-state index is 0.672. The first-order chi connectivity index (χ1) is 12.3. The standard InChI is InChI=1S/C18H17N3O2S2/c1-22-13-7-9-14(10-8-13)23-11-4-12-24-17-19-20-18-21(17)15-5-2-3-6-16(15)25-18/h2-3,5-10H,4,11-12H2,1H3. The Kier molecular flexibility index (Phi) is 4.76. The van der Waals surface area contributed by atoms with Crippen LogP contribution in [0.25, 0.3) is 15.2 Å². The summed E-state index contributed by atoms with van der Waals surface area (Å²) in [5.41, 5.74) is 1.17. The normalized spacial score (nSPS) is 11.2. The van der Waals surface area contributed by atoms with E-state index in [0.717, 1.165) is 33.8 Å². The SMILES string of the molecule is COc1ccc(OCCCSc2nnc3sc4ccccc4n23)cc1. The Hall–Kier alpha value is -2.25. The first-order valence-corrected chi connectivity index (χ1v) is 9.78. The summed E-state index contributed by atoms with van der Waals surface area (Å²) in [4.78, 5) is 0.943. The monoisotopic (exact) mass is 371 g/mol. The number of para-hydroxylation sites is 1. The van der Waals surface area contributed by atoms with Gasteiger partial charge in [0.05, 0.1) is 23.9 Å². The van der Waals surface area contributed by atoms with Crippen LogP contribution in [0.4, 0.5) is 0 Å². The highest BCUT2D eigenvalue weighted by Crippen LogP contribution is 2.29. The fourth-order valence-electron chi connectivity index (χ4n) is 2.53. The highest BCUT2D eigenvalue weighted by Gasteiger charge is 2.12. The molecule has 7 heteroatoms. The van der Waals surface area contributed by atoms with E-state index in [2.05, 4.69) is 32.8 Å². The van der Waals surface area contributed by atoms with Gasteiger partial charge in [0.1, 0.15) is 11.5 Å². The molecule has 4 rings (SSSR count). The lowest BCUT2D eigenvalue weighted by Crippen LogP contribution is -1.99. The first-order valence-electron chi connectivity index (χ1n) is 7.97. The molecule has 25 heavy (non-hydrogen) atoms. The Bertz CT molecular complexity index is 979. The number of hydrogen-bond donors (Lipinski definition) is 0. The zero-order chi connectivity index (χ0) is 17.1. The van der Waals surface area contributed by atoms with Crippen molar-refractivity contribution in [1.82, 2.24) is 14.6 Å². The number of rotatable bonds is 7. The van der Waals surface area contributed by atoms with Crippen molar-refractivity contribution in [3.8, 4) is 11.5 Å². The van der Waals surface area contributed by atoms with Crippen molar-refractivity contribution in [2.24, 2.45) is 0 Å². The fraction of sp³-hybridized carbons (Fsp3) is 0.222. The van der Waals surface area contributed by atoms with E-state index < -0.39 is 0 Å². The van der Waals surface area contributed by atoms with E-state index in [9.17, 15) is 0 Å². The molecule has 0 saturated heterocycles. The lowest BCUT2D eigenvalue weighted by Gasteiger charge is -2.06. The van der Waals surface area contributed by atoms with Gasteiger partial charge in [-0.3, -0.25) is 4.40 Å². The van der Waals surface area contributed by atoms with Crippen LogP contribution in [-0.2, 0) is 0 Å². The highest BCUT2D eigenvalue weighted by molar-refractivity contribution is 7.99. The van der Waals surface area contributed by atoms with Gasteiger partial charge in [-0.05, 0) is 42.8 Å². The van der Waals surface area contributed by atoms with Crippen molar-refractivity contribution in [3.63, 3.8) is 0 Å². The van der Waals surface area contributed by atoms with Gasteiger partial charge >= 0.3 is 0 Å². The zero-order valence-corrected chi connectivity index (χ0v) is 15.3. The molecule has 0 fully saturated rings. The molecule has 4 aromatic rings. The summed E-state index contributed by atoms with van der Waals surface area (Å²) in [6, 6.07) is 16.0. The number of methoxy groups -OCH3 is 1. The lowest BCUT2D eigenvalue weighted by atomic mass is 10.3. The summed E-state index contributed by atoms with van der Waals surface area (Å²) in [7, 11) is 1.66. The summed E-state index contributed by atoms with van der Waals surface area (Å²) in [5.74, 6) is 2.63. The van der Waals surface area contributed by atoms with E-state index in [0.29, 0.717) is 6.61 Å². The number of fused-ring (bicyclic) bond motifs is 3. The Morgan fingerprint density at radius 3 is 2.68 bits per heavy atom. The predicted octanol–water partition coefficient (Wildman–Crippen LogP) is 4.51. The van der Waals surface area contributed by atoms with Crippen LogP contribution in [0.3, 0.4) is 0 Å². The van der Waals surface area contributed by atoms with Crippen LogP contribution in [-0.4, -0.2) is 34.1 Å². The summed E-state index contributed by atoms with van der Waals surface area (Å²) in [6.07, 6.45) is 0.938. The molecule has 2 aromatic heterocycles. The average molecular weight is 371 g/mol. The second-order valence-electron chi connectivity index (χ2n) is 5.40. The molecule has 0 spiro atoms. The van der Waals surface area contributed by atoms with Crippen molar-refractivity contribution in [2.45, 2.75) is 11.6 Å². The third-order valence-electron chi connectivity index (χ3n) is 3.76. The maximum absolute atomic E-state index is 5.76. The van der Waals surface area contributed by atoms with Crippen molar-refractivity contribution in [1.29, 1.82) is 0 Å². The second-order valence-corrected chi connectivity index (χ2v) is 7.47. The summed E-state index contributed by atoms with van der Waals surface area (Å²) in [5, 5.41) is 9.54. The number of hydrogen-bond acceptors (Lipinski definition) is 6. The van der Waals surface area contributed by atoms with Crippen LogP contribution >= 0.6 is 23.1 Å². The van der Waals surface area contributed by atoms with E-state index in [1.807, 2.05) is 30.3 Å². The maximum Gasteiger partial charge on any atom is 0.217 e. The van der Waals surface area contributed by atoms with E-state index in [-0.39, 0.29) is 0 Å². The van der Waals surface area contributed by atoms with E-state index >= 15 is 0 Å². The van der Waals surface area contributed by atoms with E-state index in [4.69, 9.17) is 9.47 Å². The molecule has 0 amide bonds. The molecule has 0 aliphatic rings. The van der Waals surface area contributed by atoms with Gasteiger partial charge < -0.3 is 9.47 Å². The summed E-state index contributed by atoms with van der Waals surface area (Å²) in [6.45, 7) is 0.672.